The second kappa shape index (κ2) is 4.52. The fourth-order valence-electron chi connectivity index (χ4n) is 3.14. The molecule has 0 bridgehead atoms. The van der Waals surface area contributed by atoms with Gasteiger partial charge in [0.05, 0.1) is 0 Å². The highest BCUT2D eigenvalue weighted by Gasteiger charge is 2.37. The van der Waals surface area contributed by atoms with Crippen LogP contribution in [0.15, 0.2) is 0 Å². The van der Waals surface area contributed by atoms with Crippen LogP contribution >= 0.6 is 0 Å². The molecular formula is C12H22N2O. The van der Waals surface area contributed by atoms with E-state index in [1.807, 2.05) is 0 Å². The van der Waals surface area contributed by atoms with Crippen LogP contribution in [0.1, 0.15) is 33.1 Å². The first-order valence-corrected chi connectivity index (χ1v) is 6.25. The van der Waals surface area contributed by atoms with Crippen molar-refractivity contribution in [2.24, 2.45) is 11.8 Å². The Kier molecular flexibility index (Phi) is 3.29. The van der Waals surface area contributed by atoms with Gasteiger partial charge in [0, 0.05) is 25.6 Å². The molecule has 0 aromatic heterocycles. The van der Waals surface area contributed by atoms with Gasteiger partial charge in [-0.2, -0.15) is 0 Å². The lowest BCUT2D eigenvalue weighted by Crippen LogP contribution is -2.53. The Labute approximate surface area is 92.2 Å². The number of fused-ring (bicyclic) bond motifs is 1. The molecule has 2 rings (SSSR count). The molecule has 3 nitrogen and oxygen atoms in total. The van der Waals surface area contributed by atoms with Gasteiger partial charge in [0.1, 0.15) is 0 Å². The molecule has 86 valence electrons. The molecule has 15 heavy (non-hydrogen) atoms. The number of likely N-dealkylation sites (tertiary alicyclic amines) is 1. The molecule has 2 heterocycles. The van der Waals surface area contributed by atoms with Crippen LogP contribution in [0.2, 0.25) is 0 Å². The van der Waals surface area contributed by atoms with Crippen LogP contribution in [0.4, 0.5) is 0 Å². The minimum absolute atomic E-state index is 0.260. The van der Waals surface area contributed by atoms with Gasteiger partial charge < -0.3 is 10.2 Å². The molecule has 0 radical (unpaired) electrons. The van der Waals surface area contributed by atoms with Gasteiger partial charge in [0.2, 0.25) is 5.91 Å². The van der Waals surface area contributed by atoms with E-state index >= 15 is 0 Å². The van der Waals surface area contributed by atoms with Gasteiger partial charge in [0.25, 0.3) is 0 Å². The van der Waals surface area contributed by atoms with E-state index in [2.05, 4.69) is 24.1 Å². The number of hydrogen-bond acceptors (Lipinski definition) is 2. The molecule has 0 aromatic rings. The minimum atomic E-state index is 0.260. The number of nitrogens with one attached hydrogen (secondary N) is 1. The summed E-state index contributed by atoms with van der Waals surface area (Å²) in [6, 6.07) is 0.710. The Morgan fingerprint density at radius 3 is 2.87 bits per heavy atom. The van der Waals surface area contributed by atoms with E-state index in [1.165, 1.54) is 19.4 Å². The number of rotatable bonds is 2. The average molecular weight is 210 g/mol. The Morgan fingerprint density at radius 1 is 1.40 bits per heavy atom. The van der Waals surface area contributed by atoms with Gasteiger partial charge in [-0.3, -0.25) is 4.79 Å². The van der Waals surface area contributed by atoms with Crippen LogP contribution in [0.3, 0.4) is 0 Å². The molecule has 3 heteroatoms. The third kappa shape index (κ3) is 2.17. The molecule has 0 aromatic carbocycles. The van der Waals surface area contributed by atoms with E-state index in [0.29, 0.717) is 17.9 Å². The van der Waals surface area contributed by atoms with E-state index in [0.717, 1.165) is 19.5 Å². The number of carbonyl (C=O) groups excluding carboxylic acids is 1. The molecule has 0 aliphatic carbocycles. The molecule has 2 aliphatic heterocycles. The third-order valence-electron chi connectivity index (χ3n) is 4.11. The number of nitrogens with zero attached hydrogens (tertiary/aromatic N) is 1. The summed E-state index contributed by atoms with van der Waals surface area (Å²) in [4.78, 5) is 13.9. The third-order valence-corrected chi connectivity index (χ3v) is 4.11. The van der Waals surface area contributed by atoms with Crippen molar-refractivity contribution in [2.45, 2.75) is 39.2 Å². The summed E-state index contributed by atoms with van der Waals surface area (Å²) in [5.74, 6) is 1.60. The fourth-order valence-corrected chi connectivity index (χ4v) is 3.14. The normalized spacial score (nSPS) is 37.2. The van der Waals surface area contributed by atoms with Crippen molar-refractivity contribution in [3.63, 3.8) is 0 Å². The summed E-state index contributed by atoms with van der Waals surface area (Å²) in [7, 11) is 0. The second-order valence-electron chi connectivity index (χ2n) is 4.91. The van der Waals surface area contributed by atoms with Crippen molar-refractivity contribution in [3.05, 3.63) is 0 Å². The van der Waals surface area contributed by atoms with Gasteiger partial charge >= 0.3 is 0 Å². The predicted molar refractivity (Wildman–Crippen MR) is 60.5 cm³/mol. The molecule has 1 amide bonds. The van der Waals surface area contributed by atoms with Crippen molar-refractivity contribution in [1.82, 2.24) is 10.2 Å². The van der Waals surface area contributed by atoms with Gasteiger partial charge in [-0.1, -0.05) is 13.8 Å². The molecule has 2 aliphatic rings. The summed E-state index contributed by atoms with van der Waals surface area (Å²) in [6.45, 7) is 7.73. The maximum absolute atomic E-state index is 11.3. The summed E-state index contributed by atoms with van der Waals surface area (Å²) in [5.41, 5.74) is 0. The Hall–Kier alpha value is -0.570. The predicted octanol–water partition coefficient (Wildman–Crippen LogP) is 1.24. The lowest BCUT2D eigenvalue weighted by Gasteiger charge is -2.45. The first kappa shape index (κ1) is 10.9. The van der Waals surface area contributed by atoms with Gasteiger partial charge in [-0.05, 0) is 31.2 Å². The zero-order chi connectivity index (χ0) is 10.8. The van der Waals surface area contributed by atoms with Crippen molar-refractivity contribution in [2.75, 3.05) is 19.6 Å². The Balaban J connectivity index is 2.02. The highest BCUT2D eigenvalue weighted by molar-refractivity contribution is 5.77. The zero-order valence-electron chi connectivity index (χ0n) is 9.83. The minimum Gasteiger partial charge on any atom is -0.356 e. The van der Waals surface area contributed by atoms with Crippen LogP contribution in [-0.2, 0) is 4.79 Å². The first-order valence-electron chi connectivity index (χ1n) is 6.25. The van der Waals surface area contributed by atoms with Crippen LogP contribution in [0.5, 0.6) is 0 Å². The maximum Gasteiger partial charge on any atom is 0.220 e. The summed E-state index contributed by atoms with van der Waals surface area (Å²) >= 11 is 0. The first-order chi connectivity index (χ1) is 7.24. The SMILES string of the molecule is CCC1CC2CC(=O)NCC2CN1CC. The molecule has 2 saturated heterocycles. The molecule has 0 spiro atoms. The smallest absolute Gasteiger partial charge is 0.220 e. The van der Waals surface area contributed by atoms with Crippen molar-refractivity contribution < 1.29 is 4.79 Å². The lowest BCUT2D eigenvalue weighted by molar-refractivity contribution is -0.126. The largest absolute Gasteiger partial charge is 0.356 e. The van der Waals surface area contributed by atoms with Crippen LogP contribution in [-0.4, -0.2) is 36.5 Å². The van der Waals surface area contributed by atoms with E-state index in [9.17, 15) is 4.79 Å². The topological polar surface area (TPSA) is 32.3 Å². The summed E-state index contributed by atoms with van der Waals surface area (Å²) < 4.78 is 0. The average Bonchev–Trinajstić information content (AvgIpc) is 2.27. The summed E-state index contributed by atoms with van der Waals surface area (Å²) in [5, 5.41) is 2.99. The van der Waals surface area contributed by atoms with Crippen molar-refractivity contribution in [1.29, 1.82) is 0 Å². The van der Waals surface area contributed by atoms with Crippen molar-refractivity contribution >= 4 is 5.91 Å². The fraction of sp³-hybridized carbons (Fsp3) is 0.917. The van der Waals surface area contributed by atoms with E-state index in [4.69, 9.17) is 0 Å². The molecule has 2 fully saturated rings. The molecular weight excluding hydrogens is 188 g/mol. The van der Waals surface area contributed by atoms with E-state index < -0.39 is 0 Å². The second-order valence-corrected chi connectivity index (χ2v) is 4.91. The van der Waals surface area contributed by atoms with Crippen LogP contribution < -0.4 is 5.32 Å². The standard InChI is InChI=1S/C12H22N2O/c1-3-11-5-9-6-12(15)13-7-10(9)8-14(11)4-2/h9-11H,3-8H2,1-2H3,(H,13,15). The van der Waals surface area contributed by atoms with Gasteiger partial charge in [-0.25, -0.2) is 0 Å². The zero-order valence-corrected chi connectivity index (χ0v) is 9.83. The van der Waals surface area contributed by atoms with Gasteiger partial charge in [-0.15, -0.1) is 0 Å². The van der Waals surface area contributed by atoms with E-state index in [1.54, 1.807) is 0 Å². The lowest BCUT2D eigenvalue weighted by atomic mass is 9.77. The number of piperidine rings is 2. The molecule has 1 N–H and O–H groups in total. The Bertz CT molecular complexity index is 242. The Morgan fingerprint density at radius 2 is 2.20 bits per heavy atom. The maximum atomic E-state index is 11.3. The van der Waals surface area contributed by atoms with E-state index in [-0.39, 0.29) is 5.91 Å². The number of amides is 1. The monoisotopic (exact) mass is 210 g/mol. The quantitative estimate of drug-likeness (QED) is 0.744. The summed E-state index contributed by atoms with van der Waals surface area (Å²) in [6.07, 6.45) is 3.21. The van der Waals surface area contributed by atoms with Gasteiger partial charge in [0.15, 0.2) is 0 Å². The number of hydrogen-bond donors (Lipinski definition) is 1. The van der Waals surface area contributed by atoms with Crippen molar-refractivity contribution in [3.8, 4) is 0 Å². The molecule has 0 saturated carbocycles. The highest BCUT2D eigenvalue weighted by Crippen LogP contribution is 2.33. The molecule has 3 unspecified atom stereocenters. The number of carbonyl (C=O) groups is 1. The highest BCUT2D eigenvalue weighted by atomic mass is 16.1. The van der Waals surface area contributed by atoms with Crippen LogP contribution in [0, 0.1) is 11.8 Å². The van der Waals surface area contributed by atoms with Crippen LogP contribution in [0.25, 0.3) is 0 Å². The molecule has 3 atom stereocenters.